The Hall–Kier alpha value is -3.00. The van der Waals surface area contributed by atoms with Crippen LogP contribution < -0.4 is 5.56 Å². The van der Waals surface area contributed by atoms with Crippen molar-refractivity contribution >= 4 is 16.9 Å². The number of piperazine rings is 1. The van der Waals surface area contributed by atoms with Crippen LogP contribution in [0.1, 0.15) is 11.6 Å². The predicted molar refractivity (Wildman–Crippen MR) is 101 cm³/mol. The summed E-state index contributed by atoms with van der Waals surface area (Å²) >= 11 is 0. The Labute approximate surface area is 156 Å². The first-order valence-electron chi connectivity index (χ1n) is 8.94. The number of amides is 1. The zero-order valence-electron chi connectivity index (χ0n) is 15.4. The zero-order valence-corrected chi connectivity index (χ0v) is 15.4. The van der Waals surface area contributed by atoms with Crippen molar-refractivity contribution in [1.29, 1.82) is 0 Å². The molecule has 0 saturated carbocycles. The standard InChI is InChI=1S/C19H22N6O2/c1-22-8-9-25(16(11-22)14-6-4-3-5-7-14)17(26)12-24-13-20-18-15(19(24)27)10-21-23(18)2/h3-7,10,13,16H,8-9,11-12H2,1-2H3. The molecule has 0 aliphatic carbocycles. The minimum Gasteiger partial charge on any atom is -0.332 e. The van der Waals surface area contributed by atoms with Gasteiger partial charge < -0.3 is 9.80 Å². The highest BCUT2D eigenvalue weighted by Gasteiger charge is 2.30. The Kier molecular flexibility index (Phi) is 4.49. The number of hydrogen-bond donors (Lipinski definition) is 0. The second kappa shape index (κ2) is 6.96. The van der Waals surface area contributed by atoms with Gasteiger partial charge in [-0.25, -0.2) is 4.98 Å². The van der Waals surface area contributed by atoms with E-state index in [0.717, 1.165) is 18.7 Å². The molecule has 0 N–H and O–H groups in total. The minimum atomic E-state index is -0.244. The summed E-state index contributed by atoms with van der Waals surface area (Å²) in [6.07, 6.45) is 2.92. The second-order valence-corrected chi connectivity index (χ2v) is 6.96. The van der Waals surface area contributed by atoms with E-state index in [-0.39, 0.29) is 24.1 Å². The van der Waals surface area contributed by atoms with E-state index in [2.05, 4.69) is 22.0 Å². The van der Waals surface area contributed by atoms with E-state index in [1.807, 2.05) is 35.2 Å². The van der Waals surface area contributed by atoms with Gasteiger partial charge in [-0.3, -0.25) is 18.8 Å². The molecule has 1 unspecified atom stereocenters. The molecule has 0 spiro atoms. The van der Waals surface area contributed by atoms with Crippen molar-refractivity contribution in [3.63, 3.8) is 0 Å². The van der Waals surface area contributed by atoms with Crippen LogP contribution in [0.4, 0.5) is 0 Å². The SMILES string of the molecule is CN1CCN(C(=O)Cn2cnc3c(cnn3C)c2=O)C(c2ccccc2)C1. The van der Waals surface area contributed by atoms with E-state index >= 15 is 0 Å². The molecule has 1 aromatic carbocycles. The number of carbonyl (C=O) groups excluding carboxylic acids is 1. The molecule has 1 saturated heterocycles. The van der Waals surface area contributed by atoms with Crippen LogP contribution in [0, 0.1) is 0 Å². The van der Waals surface area contributed by atoms with Gasteiger partial charge in [-0.1, -0.05) is 30.3 Å². The summed E-state index contributed by atoms with van der Waals surface area (Å²) in [5.41, 5.74) is 1.38. The molecular weight excluding hydrogens is 344 g/mol. The molecule has 1 aliphatic rings. The molecule has 1 aliphatic heterocycles. The second-order valence-electron chi connectivity index (χ2n) is 6.96. The number of likely N-dealkylation sites (N-methyl/N-ethyl adjacent to an activating group) is 1. The van der Waals surface area contributed by atoms with Crippen LogP contribution in [0.2, 0.25) is 0 Å². The lowest BCUT2D eigenvalue weighted by atomic mass is 10.0. The van der Waals surface area contributed by atoms with Crippen molar-refractivity contribution in [3.05, 3.63) is 58.8 Å². The quantitative estimate of drug-likeness (QED) is 0.680. The van der Waals surface area contributed by atoms with Gasteiger partial charge in [0, 0.05) is 26.7 Å². The first-order chi connectivity index (χ1) is 13.0. The van der Waals surface area contributed by atoms with Crippen molar-refractivity contribution in [3.8, 4) is 0 Å². The van der Waals surface area contributed by atoms with E-state index < -0.39 is 0 Å². The van der Waals surface area contributed by atoms with Crippen molar-refractivity contribution in [1.82, 2.24) is 29.1 Å². The summed E-state index contributed by atoms with van der Waals surface area (Å²) in [5.74, 6) is -0.0795. The van der Waals surface area contributed by atoms with Crippen LogP contribution in [-0.4, -0.2) is 61.7 Å². The van der Waals surface area contributed by atoms with Gasteiger partial charge in [0.05, 0.1) is 12.2 Å². The maximum atomic E-state index is 13.1. The van der Waals surface area contributed by atoms with Crippen LogP contribution in [0.3, 0.4) is 0 Å². The third kappa shape index (κ3) is 3.23. The van der Waals surface area contributed by atoms with E-state index in [1.54, 1.807) is 11.7 Å². The number of aromatic nitrogens is 4. The van der Waals surface area contributed by atoms with Crippen molar-refractivity contribution in [2.75, 3.05) is 26.7 Å². The van der Waals surface area contributed by atoms with Gasteiger partial charge >= 0.3 is 0 Å². The van der Waals surface area contributed by atoms with Crippen molar-refractivity contribution in [2.45, 2.75) is 12.6 Å². The summed E-state index contributed by atoms with van der Waals surface area (Å²) < 4.78 is 2.92. The summed E-state index contributed by atoms with van der Waals surface area (Å²) in [4.78, 5) is 34.1. The summed E-state index contributed by atoms with van der Waals surface area (Å²) in [7, 11) is 3.79. The monoisotopic (exact) mass is 366 g/mol. The number of hydrogen-bond acceptors (Lipinski definition) is 5. The van der Waals surface area contributed by atoms with Crippen LogP contribution >= 0.6 is 0 Å². The van der Waals surface area contributed by atoms with Crippen LogP contribution in [0.25, 0.3) is 11.0 Å². The fraction of sp³-hybridized carbons (Fsp3) is 0.368. The van der Waals surface area contributed by atoms with Gasteiger partial charge in [0.2, 0.25) is 5.91 Å². The summed E-state index contributed by atoms with van der Waals surface area (Å²) in [6.45, 7) is 2.18. The van der Waals surface area contributed by atoms with Gasteiger partial charge in [-0.2, -0.15) is 5.10 Å². The highest BCUT2D eigenvalue weighted by molar-refractivity contribution is 5.78. The molecule has 3 aromatic rings. The topological polar surface area (TPSA) is 76.3 Å². The molecule has 8 nitrogen and oxygen atoms in total. The number of benzene rings is 1. The summed E-state index contributed by atoms with van der Waals surface area (Å²) in [6, 6.07) is 9.99. The van der Waals surface area contributed by atoms with Gasteiger partial charge in [-0.05, 0) is 12.6 Å². The van der Waals surface area contributed by atoms with Crippen molar-refractivity contribution < 1.29 is 4.79 Å². The highest BCUT2D eigenvalue weighted by atomic mass is 16.2. The Morgan fingerprint density at radius 3 is 2.74 bits per heavy atom. The molecule has 1 amide bonds. The molecule has 4 rings (SSSR count). The van der Waals surface area contributed by atoms with Gasteiger partial charge in [0.1, 0.15) is 18.3 Å². The average Bonchev–Trinajstić information content (AvgIpc) is 3.06. The molecule has 140 valence electrons. The fourth-order valence-corrected chi connectivity index (χ4v) is 3.59. The van der Waals surface area contributed by atoms with Gasteiger partial charge in [-0.15, -0.1) is 0 Å². The molecule has 2 aromatic heterocycles. The Morgan fingerprint density at radius 2 is 1.96 bits per heavy atom. The summed E-state index contributed by atoms with van der Waals surface area (Å²) in [5, 5.41) is 4.49. The number of rotatable bonds is 3. The third-order valence-corrected chi connectivity index (χ3v) is 5.11. The lowest BCUT2D eigenvalue weighted by molar-refractivity contribution is -0.136. The highest BCUT2D eigenvalue weighted by Crippen LogP contribution is 2.25. The molecular formula is C19H22N6O2. The Balaban J connectivity index is 1.61. The van der Waals surface area contributed by atoms with Crippen LogP contribution in [-0.2, 0) is 18.4 Å². The zero-order chi connectivity index (χ0) is 19.0. The van der Waals surface area contributed by atoms with E-state index in [9.17, 15) is 9.59 Å². The van der Waals surface area contributed by atoms with E-state index in [1.165, 1.54) is 17.1 Å². The van der Waals surface area contributed by atoms with Gasteiger partial charge in [0.15, 0.2) is 5.65 Å². The normalized spacial score (nSPS) is 18.1. The van der Waals surface area contributed by atoms with E-state index in [0.29, 0.717) is 17.6 Å². The fourth-order valence-electron chi connectivity index (χ4n) is 3.59. The molecule has 3 heterocycles. The maximum Gasteiger partial charge on any atom is 0.264 e. The smallest absolute Gasteiger partial charge is 0.264 e. The molecule has 0 bridgehead atoms. The first kappa shape index (κ1) is 17.4. The molecule has 0 radical (unpaired) electrons. The Morgan fingerprint density at radius 1 is 1.19 bits per heavy atom. The minimum absolute atomic E-state index is 0.0241. The largest absolute Gasteiger partial charge is 0.332 e. The van der Waals surface area contributed by atoms with Gasteiger partial charge in [0.25, 0.3) is 5.56 Å². The predicted octanol–water partition coefficient (Wildman–Crippen LogP) is 0.645. The Bertz CT molecular complexity index is 1030. The number of nitrogens with zero attached hydrogens (tertiary/aromatic N) is 6. The molecule has 1 fully saturated rings. The van der Waals surface area contributed by atoms with E-state index in [4.69, 9.17) is 0 Å². The number of fused-ring (bicyclic) bond motifs is 1. The lowest BCUT2D eigenvalue weighted by Crippen LogP contribution is -2.50. The van der Waals surface area contributed by atoms with Crippen molar-refractivity contribution in [2.24, 2.45) is 7.05 Å². The molecule has 8 heteroatoms. The number of aryl methyl sites for hydroxylation is 1. The average molecular weight is 366 g/mol. The van der Waals surface area contributed by atoms with Crippen LogP contribution in [0.15, 0.2) is 47.7 Å². The molecule has 27 heavy (non-hydrogen) atoms. The molecule has 1 atom stereocenters. The van der Waals surface area contributed by atoms with Crippen LogP contribution in [0.5, 0.6) is 0 Å². The lowest BCUT2D eigenvalue weighted by Gasteiger charge is -2.40. The number of carbonyl (C=O) groups is 1. The third-order valence-electron chi connectivity index (χ3n) is 5.11. The maximum absolute atomic E-state index is 13.1. The first-order valence-corrected chi connectivity index (χ1v) is 8.94.